The largest absolute Gasteiger partial charge is 0.481 e. The summed E-state index contributed by atoms with van der Waals surface area (Å²) in [7, 11) is 0. The topological polar surface area (TPSA) is 101 Å². The minimum atomic E-state index is -1.03. The van der Waals surface area contributed by atoms with Crippen LogP contribution in [0.2, 0.25) is 0 Å². The van der Waals surface area contributed by atoms with Gasteiger partial charge in [0.15, 0.2) is 0 Å². The van der Waals surface area contributed by atoms with E-state index in [-0.39, 0.29) is 12.2 Å². The zero-order valence-corrected chi connectivity index (χ0v) is 10.4. The van der Waals surface area contributed by atoms with Crippen molar-refractivity contribution in [3.63, 3.8) is 0 Å². The van der Waals surface area contributed by atoms with Gasteiger partial charge in [-0.15, -0.1) is 0 Å². The van der Waals surface area contributed by atoms with E-state index in [1.807, 2.05) is 0 Å². The first kappa shape index (κ1) is 13.9. The van der Waals surface area contributed by atoms with E-state index in [0.29, 0.717) is 5.56 Å². The van der Waals surface area contributed by atoms with Gasteiger partial charge in [0, 0.05) is 11.8 Å². The third kappa shape index (κ3) is 4.77. The van der Waals surface area contributed by atoms with E-state index in [0.717, 1.165) is 0 Å². The molecule has 0 aliphatic rings. The van der Waals surface area contributed by atoms with Gasteiger partial charge in [0.25, 0.3) is 0 Å². The Balaban J connectivity index is 2.78. The summed E-state index contributed by atoms with van der Waals surface area (Å²) in [5.74, 6) is -0.890. The first-order valence-corrected chi connectivity index (χ1v) is 5.28. The van der Waals surface area contributed by atoms with Gasteiger partial charge < -0.3 is 9.84 Å². The molecule has 0 unspecified atom stereocenters. The van der Waals surface area contributed by atoms with Crippen molar-refractivity contribution in [3.8, 4) is 0 Å². The van der Waals surface area contributed by atoms with Crippen LogP contribution in [-0.2, 0) is 16.0 Å². The molecule has 0 fully saturated rings. The molecule has 18 heavy (non-hydrogen) atoms. The molecule has 1 amide bonds. The van der Waals surface area contributed by atoms with Gasteiger partial charge >= 0.3 is 12.1 Å². The summed E-state index contributed by atoms with van der Waals surface area (Å²) in [5, 5.41) is 11.1. The lowest BCUT2D eigenvalue weighted by molar-refractivity contribution is -0.136. The Kier molecular flexibility index (Phi) is 4.19. The molecule has 1 aromatic heterocycles. The van der Waals surface area contributed by atoms with Crippen molar-refractivity contribution in [1.29, 1.82) is 0 Å². The van der Waals surface area contributed by atoms with Crippen molar-refractivity contribution >= 4 is 17.9 Å². The molecule has 98 valence electrons. The third-order valence-electron chi connectivity index (χ3n) is 1.75. The van der Waals surface area contributed by atoms with Crippen molar-refractivity contribution in [1.82, 2.24) is 9.97 Å². The zero-order valence-electron chi connectivity index (χ0n) is 10.4. The Morgan fingerprint density at radius 3 is 2.67 bits per heavy atom. The number of hydrogen-bond acceptors (Lipinski definition) is 5. The molecule has 0 saturated heterocycles. The number of carbonyl (C=O) groups excluding carboxylic acids is 1. The minimum Gasteiger partial charge on any atom is -0.481 e. The van der Waals surface area contributed by atoms with Crippen LogP contribution in [0.15, 0.2) is 12.5 Å². The molecule has 1 rings (SSSR count). The number of carbonyl (C=O) groups is 2. The standard InChI is InChI=1S/C11H15N3O4/c1-11(2,3)18-10(17)14-9-7(4-8(15)16)5-12-6-13-9/h5-6H,4H2,1-3H3,(H,15,16)(H,12,13,14,17). The van der Waals surface area contributed by atoms with E-state index < -0.39 is 17.7 Å². The molecule has 0 radical (unpaired) electrons. The van der Waals surface area contributed by atoms with Gasteiger partial charge in [0.2, 0.25) is 0 Å². The summed E-state index contributed by atoms with van der Waals surface area (Å²) in [6, 6.07) is 0. The van der Waals surface area contributed by atoms with Crippen molar-refractivity contribution < 1.29 is 19.4 Å². The van der Waals surface area contributed by atoms with Gasteiger partial charge in [-0.1, -0.05) is 0 Å². The fraction of sp³-hybridized carbons (Fsp3) is 0.455. The Labute approximate surface area is 104 Å². The summed E-state index contributed by atoms with van der Waals surface area (Å²) in [6.45, 7) is 5.18. The van der Waals surface area contributed by atoms with Gasteiger partial charge in [0.05, 0.1) is 6.42 Å². The fourth-order valence-corrected chi connectivity index (χ4v) is 1.16. The minimum absolute atomic E-state index is 0.140. The summed E-state index contributed by atoms with van der Waals surface area (Å²) >= 11 is 0. The highest BCUT2D eigenvalue weighted by Crippen LogP contribution is 2.13. The highest BCUT2D eigenvalue weighted by atomic mass is 16.6. The molecule has 1 aromatic rings. The average Bonchev–Trinajstić information content (AvgIpc) is 2.17. The van der Waals surface area contributed by atoms with Gasteiger partial charge in [0.1, 0.15) is 17.7 Å². The van der Waals surface area contributed by atoms with Crippen LogP contribution >= 0.6 is 0 Å². The first-order valence-electron chi connectivity index (χ1n) is 5.28. The van der Waals surface area contributed by atoms with Crippen LogP contribution in [0.25, 0.3) is 0 Å². The predicted molar refractivity (Wildman–Crippen MR) is 63.2 cm³/mol. The van der Waals surface area contributed by atoms with Crippen molar-refractivity contribution in [2.45, 2.75) is 32.8 Å². The number of ether oxygens (including phenoxy) is 1. The molecule has 0 saturated carbocycles. The van der Waals surface area contributed by atoms with E-state index in [1.165, 1.54) is 12.5 Å². The molecule has 0 aromatic carbocycles. The fourth-order valence-electron chi connectivity index (χ4n) is 1.16. The molecule has 1 heterocycles. The number of carboxylic acid groups (broad SMARTS) is 1. The molecule has 7 nitrogen and oxygen atoms in total. The van der Waals surface area contributed by atoms with E-state index in [2.05, 4.69) is 15.3 Å². The number of aliphatic carboxylic acids is 1. The summed E-state index contributed by atoms with van der Waals surface area (Å²) < 4.78 is 5.04. The molecule has 0 aliphatic carbocycles. The average molecular weight is 253 g/mol. The normalized spacial score (nSPS) is 10.8. The van der Waals surface area contributed by atoms with Crippen LogP contribution in [0.1, 0.15) is 26.3 Å². The monoisotopic (exact) mass is 253 g/mol. The van der Waals surface area contributed by atoms with Gasteiger partial charge in [-0.25, -0.2) is 14.8 Å². The van der Waals surface area contributed by atoms with E-state index in [9.17, 15) is 9.59 Å². The van der Waals surface area contributed by atoms with Crippen LogP contribution in [-0.4, -0.2) is 32.7 Å². The molecule has 2 N–H and O–H groups in total. The molecule has 0 atom stereocenters. The molecular formula is C11H15N3O4. The van der Waals surface area contributed by atoms with E-state index in [4.69, 9.17) is 9.84 Å². The lowest BCUT2D eigenvalue weighted by atomic mass is 10.2. The van der Waals surface area contributed by atoms with E-state index in [1.54, 1.807) is 20.8 Å². The number of amides is 1. The quantitative estimate of drug-likeness (QED) is 0.845. The van der Waals surface area contributed by atoms with Gasteiger partial charge in [-0.05, 0) is 20.8 Å². The van der Waals surface area contributed by atoms with E-state index >= 15 is 0 Å². The van der Waals surface area contributed by atoms with Crippen LogP contribution in [0.4, 0.5) is 10.6 Å². The second kappa shape index (κ2) is 5.44. The maximum atomic E-state index is 11.5. The Bertz CT molecular complexity index is 454. The van der Waals surface area contributed by atoms with Crippen LogP contribution in [0, 0.1) is 0 Å². The summed E-state index contributed by atoms with van der Waals surface area (Å²) in [6.07, 6.45) is 1.60. The molecule has 0 spiro atoms. The number of aromatic nitrogens is 2. The SMILES string of the molecule is CC(C)(C)OC(=O)Nc1ncncc1CC(=O)O. The first-order chi connectivity index (χ1) is 8.28. The molecule has 0 bridgehead atoms. The lowest BCUT2D eigenvalue weighted by Gasteiger charge is -2.19. The Morgan fingerprint density at radius 1 is 1.44 bits per heavy atom. The van der Waals surface area contributed by atoms with Crippen LogP contribution in [0.5, 0.6) is 0 Å². The summed E-state index contributed by atoms with van der Waals surface area (Å²) in [5.41, 5.74) is -0.319. The van der Waals surface area contributed by atoms with Crippen LogP contribution < -0.4 is 5.32 Å². The second-order valence-corrected chi connectivity index (χ2v) is 4.59. The van der Waals surface area contributed by atoms with Gasteiger partial charge in [-0.3, -0.25) is 10.1 Å². The number of anilines is 1. The molecule has 7 heteroatoms. The predicted octanol–water partition coefficient (Wildman–Crippen LogP) is 1.45. The number of rotatable bonds is 3. The highest BCUT2D eigenvalue weighted by Gasteiger charge is 2.18. The Hall–Kier alpha value is -2.18. The second-order valence-electron chi connectivity index (χ2n) is 4.59. The summed E-state index contributed by atoms with van der Waals surface area (Å²) in [4.78, 5) is 29.7. The number of hydrogen-bond donors (Lipinski definition) is 2. The number of nitrogens with zero attached hydrogens (tertiary/aromatic N) is 2. The zero-order chi connectivity index (χ0) is 13.8. The number of carboxylic acids is 1. The van der Waals surface area contributed by atoms with Crippen molar-refractivity contribution in [3.05, 3.63) is 18.1 Å². The van der Waals surface area contributed by atoms with Crippen LogP contribution in [0.3, 0.4) is 0 Å². The van der Waals surface area contributed by atoms with Gasteiger partial charge in [-0.2, -0.15) is 0 Å². The maximum absolute atomic E-state index is 11.5. The smallest absolute Gasteiger partial charge is 0.413 e. The Morgan fingerprint density at radius 2 is 2.11 bits per heavy atom. The third-order valence-corrected chi connectivity index (χ3v) is 1.75. The molecular weight excluding hydrogens is 238 g/mol. The molecule has 0 aliphatic heterocycles. The van der Waals surface area contributed by atoms with Crippen molar-refractivity contribution in [2.24, 2.45) is 0 Å². The number of nitrogens with one attached hydrogen (secondary N) is 1. The highest BCUT2D eigenvalue weighted by molar-refractivity contribution is 5.85. The maximum Gasteiger partial charge on any atom is 0.413 e. The lowest BCUT2D eigenvalue weighted by Crippen LogP contribution is -2.28. The van der Waals surface area contributed by atoms with Crippen molar-refractivity contribution in [2.75, 3.05) is 5.32 Å².